The molecule has 0 aliphatic carbocycles. The maximum Gasteiger partial charge on any atom is 0.573 e. The standard InChI is InChI=1S/C21H15F3N2O2/c22-21(23,24)28-16-9-10-18-17(12-16)20(19(27)26-18,14-6-2-1-3-7-14)13-15-8-4-5-11-25-15/h1-12H,13H2,(H,26,27). The summed E-state index contributed by atoms with van der Waals surface area (Å²) in [4.78, 5) is 17.5. The number of carbonyl (C=O) groups excluding carboxylic acids is 1. The lowest BCUT2D eigenvalue weighted by Crippen LogP contribution is -2.38. The normalized spacial score (nSPS) is 18.5. The van der Waals surface area contributed by atoms with Crippen molar-refractivity contribution in [3.63, 3.8) is 0 Å². The Labute approximate surface area is 159 Å². The average Bonchev–Trinajstić information content (AvgIpc) is 2.94. The first-order chi connectivity index (χ1) is 13.4. The minimum atomic E-state index is -4.82. The molecule has 0 spiro atoms. The Bertz CT molecular complexity index is 1010. The molecule has 1 atom stereocenters. The first kappa shape index (κ1) is 18.0. The molecule has 1 aromatic heterocycles. The molecule has 28 heavy (non-hydrogen) atoms. The van der Waals surface area contributed by atoms with Gasteiger partial charge in [0.1, 0.15) is 11.2 Å². The smallest absolute Gasteiger partial charge is 0.406 e. The van der Waals surface area contributed by atoms with E-state index >= 15 is 0 Å². The van der Waals surface area contributed by atoms with Crippen LogP contribution < -0.4 is 10.1 Å². The molecule has 1 unspecified atom stereocenters. The molecule has 0 bridgehead atoms. The first-order valence-corrected chi connectivity index (χ1v) is 8.56. The largest absolute Gasteiger partial charge is 0.573 e. The quantitative estimate of drug-likeness (QED) is 0.723. The molecule has 0 radical (unpaired) electrons. The van der Waals surface area contributed by atoms with Gasteiger partial charge in [-0.3, -0.25) is 9.78 Å². The number of alkyl halides is 3. The Balaban J connectivity index is 1.89. The van der Waals surface area contributed by atoms with Crippen molar-refractivity contribution in [1.82, 2.24) is 4.98 Å². The van der Waals surface area contributed by atoms with E-state index < -0.39 is 11.8 Å². The van der Waals surface area contributed by atoms with Crippen molar-refractivity contribution in [2.45, 2.75) is 18.2 Å². The molecule has 2 aromatic carbocycles. The van der Waals surface area contributed by atoms with E-state index in [1.54, 1.807) is 48.7 Å². The fourth-order valence-corrected chi connectivity index (χ4v) is 3.60. The Morgan fingerprint density at radius 1 is 1.00 bits per heavy atom. The summed E-state index contributed by atoms with van der Waals surface area (Å²) in [5.74, 6) is -0.687. The number of nitrogens with one attached hydrogen (secondary N) is 1. The molecule has 0 saturated carbocycles. The summed E-state index contributed by atoms with van der Waals surface area (Å²) >= 11 is 0. The van der Waals surface area contributed by atoms with E-state index in [9.17, 15) is 18.0 Å². The highest BCUT2D eigenvalue weighted by atomic mass is 19.4. The van der Waals surface area contributed by atoms with E-state index in [0.29, 0.717) is 22.5 Å². The third kappa shape index (κ3) is 3.19. The zero-order valence-corrected chi connectivity index (χ0v) is 14.5. The Kier molecular flexibility index (Phi) is 4.30. The van der Waals surface area contributed by atoms with Crippen LogP contribution in [0, 0.1) is 0 Å². The predicted molar refractivity (Wildman–Crippen MR) is 96.9 cm³/mol. The number of benzene rings is 2. The maximum absolute atomic E-state index is 13.2. The minimum absolute atomic E-state index is 0.201. The predicted octanol–water partition coefficient (Wildman–Crippen LogP) is 4.46. The molecule has 4 rings (SSSR count). The molecule has 1 N–H and O–H groups in total. The Morgan fingerprint density at radius 3 is 2.43 bits per heavy atom. The number of ether oxygens (including phenoxy) is 1. The third-order valence-corrected chi connectivity index (χ3v) is 4.76. The summed E-state index contributed by atoms with van der Waals surface area (Å²) in [7, 11) is 0. The summed E-state index contributed by atoms with van der Waals surface area (Å²) in [5.41, 5.74) is 0.989. The number of amides is 1. The summed E-state index contributed by atoms with van der Waals surface area (Å²) in [6, 6.07) is 18.2. The van der Waals surface area contributed by atoms with Crippen molar-refractivity contribution in [2.24, 2.45) is 0 Å². The number of fused-ring (bicyclic) bond motifs is 1. The number of pyridine rings is 1. The summed E-state index contributed by atoms with van der Waals surface area (Å²) in [6.45, 7) is 0. The highest BCUT2D eigenvalue weighted by Crippen LogP contribution is 2.46. The van der Waals surface area contributed by atoms with Crippen LogP contribution in [0.2, 0.25) is 0 Å². The molecule has 0 fully saturated rings. The van der Waals surface area contributed by atoms with E-state index in [0.717, 1.165) is 0 Å². The molecule has 3 aromatic rings. The van der Waals surface area contributed by atoms with Crippen LogP contribution in [0.25, 0.3) is 0 Å². The van der Waals surface area contributed by atoms with Crippen LogP contribution in [-0.2, 0) is 16.6 Å². The summed E-state index contributed by atoms with van der Waals surface area (Å²) in [5, 5.41) is 2.79. The number of hydrogen-bond acceptors (Lipinski definition) is 3. The van der Waals surface area contributed by atoms with Gasteiger partial charge in [0.05, 0.1) is 0 Å². The van der Waals surface area contributed by atoms with Crippen molar-refractivity contribution in [2.75, 3.05) is 5.32 Å². The Hall–Kier alpha value is -3.35. The van der Waals surface area contributed by atoms with Gasteiger partial charge in [-0.25, -0.2) is 0 Å². The van der Waals surface area contributed by atoms with Gasteiger partial charge in [-0.15, -0.1) is 13.2 Å². The van der Waals surface area contributed by atoms with Crippen LogP contribution in [-0.4, -0.2) is 17.3 Å². The van der Waals surface area contributed by atoms with Gasteiger partial charge in [0.2, 0.25) is 5.91 Å². The third-order valence-electron chi connectivity index (χ3n) is 4.76. The Morgan fingerprint density at radius 2 is 1.75 bits per heavy atom. The second kappa shape index (κ2) is 6.67. The molecule has 4 nitrogen and oxygen atoms in total. The highest BCUT2D eigenvalue weighted by Gasteiger charge is 2.49. The minimum Gasteiger partial charge on any atom is -0.406 e. The van der Waals surface area contributed by atoms with Gasteiger partial charge in [0.15, 0.2) is 0 Å². The average molecular weight is 384 g/mol. The first-order valence-electron chi connectivity index (χ1n) is 8.56. The number of rotatable bonds is 4. The molecule has 0 saturated heterocycles. The zero-order chi connectivity index (χ0) is 19.8. The van der Waals surface area contributed by atoms with Crippen LogP contribution >= 0.6 is 0 Å². The molecule has 1 amide bonds. The van der Waals surface area contributed by atoms with Crippen molar-refractivity contribution < 1.29 is 22.7 Å². The molecule has 142 valence electrons. The molecule has 2 heterocycles. The maximum atomic E-state index is 13.2. The van der Waals surface area contributed by atoms with E-state index in [-0.39, 0.29) is 18.1 Å². The van der Waals surface area contributed by atoms with Crippen molar-refractivity contribution in [3.8, 4) is 5.75 Å². The fraction of sp³-hybridized carbons (Fsp3) is 0.143. The van der Waals surface area contributed by atoms with Crippen LogP contribution in [0.1, 0.15) is 16.8 Å². The van der Waals surface area contributed by atoms with Crippen molar-refractivity contribution in [3.05, 3.63) is 89.7 Å². The number of hydrogen-bond donors (Lipinski definition) is 1. The summed E-state index contributed by atoms with van der Waals surface area (Å²) in [6.07, 6.45) is -3.00. The lowest BCUT2D eigenvalue weighted by molar-refractivity contribution is -0.274. The van der Waals surface area contributed by atoms with Crippen LogP contribution in [0.5, 0.6) is 5.75 Å². The van der Waals surface area contributed by atoms with Crippen molar-refractivity contribution >= 4 is 11.6 Å². The molecule has 1 aliphatic rings. The van der Waals surface area contributed by atoms with Crippen molar-refractivity contribution in [1.29, 1.82) is 0 Å². The number of carbonyl (C=O) groups is 1. The van der Waals surface area contributed by atoms with Gasteiger partial charge in [0, 0.05) is 24.0 Å². The number of nitrogens with zero attached hydrogens (tertiary/aromatic N) is 1. The number of anilines is 1. The van der Waals surface area contributed by atoms with Gasteiger partial charge in [-0.1, -0.05) is 36.4 Å². The zero-order valence-electron chi connectivity index (χ0n) is 14.5. The van der Waals surface area contributed by atoms with E-state index in [2.05, 4.69) is 15.0 Å². The summed E-state index contributed by atoms with van der Waals surface area (Å²) < 4.78 is 42.2. The lowest BCUT2D eigenvalue weighted by Gasteiger charge is -2.28. The molecule has 7 heteroatoms. The number of aromatic nitrogens is 1. The second-order valence-corrected chi connectivity index (χ2v) is 6.48. The van der Waals surface area contributed by atoms with Gasteiger partial charge in [0.25, 0.3) is 0 Å². The fourth-order valence-electron chi connectivity index (χ4n) is 3.60. The monoisotopic (exact) mass is 384 g/mol. The van der Waals surface area contributed by atoms with E-state index in [1.807, 2.05) is 6.07 Å². The van der Waals surface area contributed by atoms with Crippen LogP contribution in [0.3, 0.4) is 0 Å². The second-order valence-electron chi connectivity index (χ2n) is 6.48. The number of halogens is 3. The van der Waals surface area contributed by atoms with E-state index in [1.165, 1.54) is 18.2 Å². The molecular formula is C21H15F3N2O2. The van der Waals surface area contributed by atoms with Gasteiger partial charge in [-0.05, 0) is 41.5 Å². The molecular weight excluding hydrogens is 369 g/mol. The highest BCUT2D eigenvalue weighted by molar-refractivity contribution is 6.09. The van der Waals surface area contributed by atoms with Gasteiger partial charge >= 0.3 is 6.36 Å². The van der Waals surface area contributed by atoms with Crippen LogP contribution in [0.4, 0.5) is 18.9 Å². The molecule has 1 aliphatic heterocycles. The van der Waals surface area contributed by atoms with Crippen LogP contribution in [0.15, 0.2) is 72.9 Å². The van der Waals surface area contributed by atoms with Gasteiger partial charge in [-0.2, -0.15) is 0 Å². The SMILES string of the molecule is O=C1Nc2ccc(OC(F)(F)F)cc2C1(Cc1ccccn1)c1ccccc1. The van der Waals surface area contributed by atoms with E-state index in [4.69, 9.17) is 0 Å². The van der Waals surface area contributed by atoms with Gasteiger partial charge < -0.3 is 10.1 Å². The lowest BCUT2D eigenvalue weighted by atomic mass is 9.72. The topological polar surface area (TPSA) is 51.2 Å².